The number of amides is 2. The van der Waals surface area contributed by atoms with Crippen LogP contribution in [0.1, 0.15) is 37.7 Å². The standard InChI is InChI=1S/C21H27ClN6O3/c1-15-23-25-28(24-15)14-17-13-18(22)7-5-16(17)6-8-19(29)26-9-11-27(12-10-26)20(30)31-21(2,3)4/h5-8,13H,9-12,14H2,1-4H3/b8-6+. The third kappa shape index (κ3) is 6.52. The molecule has 2 aromatic rings. The van der Waals surface area contributed by atoms with E-state index in [1.807, 2.05) is 32.9 Å². The fourth-order valence-corrected chi connectivity index (χ4v) is 3.31. The van der Waals surface area contributed by atoms with Crippen LogP contribution in [0.5, 0.6) is 0 Å². The number of carbonyl (C=O) groups excluding carboxylic acids is 2. The van der Waals surface area contributed by atoms with Gasteiger partial charge in [0.1, 0.15) is 5.60 Å². The van der Waals surface area contributed by atoms with E-state index >= 15 is 0 Å². The zero-order valence-corrected chi connectivity index (χ0v) is 19.0. The Morgan fingerprint density at radius 2 is 1.84 bits per heavy atom. The van der Waals surface area contributed by atoms with Gasteiger partial charge in [-0.15, -0.1) is 10.2 Å². The molecule has 0 radical (unpaired) electrons. The van der Waals surface area contributed by atoms with Crippen LogP contribution < -0.4 is 0 Å². The molecule has 1 fully saturated rings. The molecule has 2 amide bonds. The van der Waals surface area contributed by atoms with E-state index in [1.165, 1.54) is 10.9 Å². The van der Waals surface area contributed by atoms with Crippen molar-refractivity contribution in [1.29, 1.82) is 0 Å². The Labute approximate surface area is 186 Å². The smallest absolute Gasteiger partial charge is 0.410 e. The number of benzene rings is 1. The number of ether oxygens (including phenoxy) is 1. The van der Waals surface area contributed by atoms with Crippen LogP contribution >= 0.6 is 11.6 Å². The highest BCUT2D eigenvalue weighted by molar-refractivity contribution is 6.30. The molecule has 3 rings (SSSR count). The fourth-order valence-electron chi connectivity index (χ4n) is 3.12. The molecule has 10 heteroatoms. The molecule has 31 heavy (non-hydrogen) atoms. The number of nitrogens with zero attached hydrogens (tertiary/aromatic N) is 6. The third-order valence-electron chi connectivity index (χ3n) is 4.62. The van der Waals surface area contributed by atoms with Crippen LogP contribution in [0, 0.1) is 6.92 Å². The Morgan fingerprint density at radius 1 is 1.16 bits per heavy atom. The number of hydrogen-bond acceptors (Lipinski definition) is 6. The fraction of sp³-hybridized carbons (Fsp3) is 0.476. The topological polar surface area (TPSA) is 93.5 Å². The van der Waals surface area contributed by atoms with Crippen molar-refractivity contribution in [3.05, 3.63) is 46.2 Å². The molecule has 1 aliphatic rings. The van der Waals surface area contributed by atoms with E-state index in [4.69, 9.17) is 16.3 Å². The lowest BCUT2D eigenvalue weighted by Crippen LogP contribution is -2.51. The molecule has 0 bridgehead atoms. The monoisotopic (exact) mass is 446 g/mol. The summed E-state index contributed by atoms with van der Waals surface area (Å²) in [6.45, 7) is 9.46. The van der Waals surface area contributed by atoms with Crippen LogP contribution in [0.15, 0.2) is 24.3 Å². The van der Waals surface area contributed by atoms with Crippen LogP contribution in [0.4, 0.5) is 4.79 Å². The molecule has 0 unspecified atom stereocenters. The van der Waals surface area contributed by atoms with E-state index in [0.29, 0.717) is 43.6 Å². The zero-order valence-electron chi connectivity index (χ0n) is 18.2. The van der Waals surface area contributed by atoms with E-state index in [1.54, 1.807) is 28.9 Å². The Morgan fingerprint density at radius 3 is 2.45 bits per heavy atom. The summed E-state index contributed by atoms with van der Waals surface area (Å²) in [5, 5.41) is 12.6. The van der Waals surface area contributed by atoms with E-state index in [9.17, 15) is 9.59 Å². The molecule has 9 nitrogen and oxygen atoms in total. The molecule has 1 aromatic carbocycles. The SMILES string of the molecule is Cc1nnn(Cc2cc(Cl)ccc2/C=C/C(=O)N2CCN(C(=O)OC(C)(C)C)CC2)n1. The predicted octanol–water partition coefficient (Wildman–Crippen LogP) is 2.78. The molecule has 0 N–H and O–H groups in total. The van der Waals surface area contributed by atoms with Crippen molar-refractivity contribution in [3.8, 4) is 0 Å². The van der Waals surface area contributed by atoms with Gasteiger partial charge in [0.25, 0.3) is 0 Å². The van der Waals surface area contributed by atoms with Crippen LogP contribution in [0.2, 0.25) is 5.02 Å². The van der Waals surface area contributed by atoms with Gasteiger partial charge in [-0.05, 0) is 62.2 Å². The van der Waals surface area contributed by atoms with Crippen LogP contribution in [0.25, 0.3) is 6.08 Å². The number of piperazine rings is 1. The Hall–Kier alpha value is -2.94. The van der Waals surface area contributed by atoms with Gasteiger partial charge in [-0.25, -0.2) is 4.79 Å². The van der Waals surface area contributed by atoms with Crippen molar-refractivity contribution in [2.24, 2.45) is 0 Å². The molecule has 0 saturated carbocycles. The van der Waals surface area contributed by atoms with Gasteiger partial charge < -0.3 is 14.5 Å². The summed E-state index contributed by atoms with van der Waals surface area (Å²) in [5.74, 6) is 0.472. The Bertz CT molecular complexity index is 974. The lowest BCUT2D eigenvalue weighted by atomic mass is 10.1. The summed E-state index contributed by atoms with van der Waals surface area (Å²) in [6, 6.07) is 5.45. The number of tetrazole rings is 1. The minimum Gasteiger partial charge on any atom is -0.444 e. The number of carbonyl (C=O) groups is 2. The van der Waals surface area contributed by atoms with E-state index in [-0.39, 0.29) is 12.0 Å². The van der Waals surface area contributed by atoms with Gasteiger partial charge in [-0.3, -0.25) is 4.79 Å². The van der Waals surface area contributed by atoms with Gasteiger partial charge in [0.2, 0.25) is 5.91 Å². The molecular weight excluding hydrogens is 420 g/mol. The first kappa shape index (κ1) is 22.7. The van der Waals surface area contributed by atoms with E-state index in [2.05, 4.69) is 15.4 Å². The van der Waals surface area contributed by atoms with Crippen LogP contribution in [-0.4, -0.2) is 73.8 Å². The second-order valence-corrected chi connectivity index (χ2v) is 8.77. The lowest BCUT2D eigenvalue weighted by molar-refractivity contribution is -0.127. The van der Waals surface area contributed by atoms with E-state index < -0.39 is 5.60 Å². The van der Waals surface area contributed by atoms with Gasteiger partial charge in [0.15, 0.2) is 5.82 Å². The van der Waals surface area contributed by atoms with Gasteiger partial charge in [-0.2, -0.15) is 4.80 Å². The first-order valence-corrected chi connectivity index (χ1v) is 10.5. The maximum absolute atomic E-state index is 12.7. The second-order valence-electron chi connectivity index (χ2n) is 8.34. The maximum Gasteiger partial charge on any atom is 0.410 e. The predicted molar refractivity (Wildman–Crippen MR) is 117 cm³/mol. The van der Waals surface area contributed by atoms with Crippen LogP contribution in [-0.2, 0) is 16.1 Å². The van der Waals surface area contributed by atoms with Crippen molar-refractivity contribution in [1.82, 2.24) is 30.0 Å². The number of aryl methyl sites for hydroxylation is 1. The molecule has 0 spiro atoms. The largest absolute Gasteiger partial charge is 0.444 e. The molecule has 2 heterocycles. The molecule has 1 aromatic heterocycles. The van der Waals surface area contributed by atoms with E-state index in [0.717, 1.165) is 11.1 Å². The molecule has 0 aliphatic carbocycles. The maximum atomic E-state index is 12.7. The molecule has 1 saturated heterocycles. The summed E-state index contributed by atoms with van der Waals surface area (Å²) < 4.78 is 5.39. The summed E-state index contributed by atoms with van der Waals surface area (Å²) in [6.07, 6.45) is 2.95. The normalized spacial score (nSPS) is 14.9. The minimum atomic E-state index is -0.538. The second kappa shape index (κ2) is 9.47. The first-order chi connectivity index (χ1) is 14.6. The highest BCUT2D eigenvalue weighted by atomic mass is 35.5. The summed E-state index contributed by atoms with van der Waals surface area (Å²) >= 11 is 6.14. The quantitative estimate of drug-likeness (QED) is 0.670. The average molecular weight is 447 g/mol. The molecule has 1 aliphatic heterocycles. The van der Waals surface area contributed by atoms with Crippen molar-refractivity contribution >= 4 is 29.7 Å². The van der Waals surface area contributed by atoms with Gasteiger partial charge in [0.05, 0.1) is 6.54 Å². The van der Waals surface area contributed by atoms with Gasteiger partial charge in [0, 0.05) is 37.3 Å². The summed E-state index contributed by atoms with van der Waals surface area (Å²) in [5.41, 5.74) is 1.19. The zero-order chi connectivity index (χ0) is 22.6. The van der Waals surface area contributed by atoms with Gasteiger partial charge >= 0.3 is 6.09 Å². The highest BCUT2D eigenvalue weighted by Gasteiger charge is 2.27. The molecule has 0 atom stereocenters. The Kier molecular flexibility index (Phi) is 6.94. The summed E-state index contributed by atoms with van der Waals surface area (Å²) in [4.78, 5) is 29.7. The number of aromatic nitrogens is 4. The highest BCUT2D eigenvalue weighted by Crippen LogP contribution is 2.19. The third-order valence-corrected chi connectivity index (χ3v) is 4.85. The number of hydrogen-bond donors (Lipinski definition) is 0. The lowest BCUT2D eigenvalue weighted by Gasteiger charge is -2.35. The van der Waals surface area contributed by atoms with Crippen molar-refractivity contribution in [2.75, 3.05) is 26.2 Å². The number of halogens is 1. The number of rotatable bonds is 4. The average Bonchev–Trinajstić information content (AvgIpc) is 3.10. The molecular formula is C21H27ClN6O3. The van der Waals surface area contributed by atoms with Crippen LogP contribution in [0.3, 0.4) is 0 Å². The van der Waals surface area contributed by atoms with Crippen molar-refractivity contribution < 1.29 is 14.3 Å². The Balaban J connectivity index is 1.61. The molecule has 166 valence electrons. The minimum absolute atomic E-state index is 0.112. The van der Waals surface area contributed by atoms with Crippen molar-refractivity contribution in [2.45, 2.75) is 39.8 Å². The van der Waals surface area contributed by atoms with Crippen molar-refractivity contribution in [3.63, 3.8) is 0 Å². The summed E-state index contributed by atoms with van der Waals surface area (Å²) in [7, 11) is 0. The first-order valence-electron chi connectivity index (χ1n) is 10.1. The van der Waals surface area contributed by atoms with Gasteiger partial charge in [-0.1, -0.05) is 17.7 Å².